The summed E-state index contributed by atoms with van der Waals surface area (Å²) in [5.74, 6) is 0.695. The summed E-state index contributed by atoms with van der Waals surface area (Å²) in [6, 6.07) is 16.0. The Morgan fingerprint density at radius 1 is 0.846 bits per heavy atom. The fraction of sp³-hybridized carbons (Fsp3) is 0.455. The molecular formula is C33H38BrNO4. The summed E-state index contributed by atoms with van der Waals surface area (Å²) >= 11 is 3.58. The van der Waals surface area contributed by atoms with E-state index in [1.165, 1.54) is 0 Å². The van der Waals surface area contributed by atoms with Crippen LogP contribution in [-0.4, -0.2) is 36.7 Å². The molecule has 0 fully saturated rings. The molecule has 39 heavy (non-hydrogen) atoms. The third-order valence-electron chi connectivity index (χ3n) is 8.11. The van der Waals surface area contributed by atoms with Crippen molar-refractivity contribution in [1.29, 1.82) is 0 Å². The van der Waals surface area contributed by atoms with Crippen molar-refractivity contribution in [1.82, 2.24) is 4.90 Å². The summed E-state index contributed by atoms with van der Waals surface area (Å²) in [5.41, 5.74) is 5.48. The number of nitrogens with zero attached hydrogens (tertiary/aromatic N) is 1. The summed E-state index contributed by atoms with van der Waals surface area (Å²) in [5, 5.41) is 0. The molecule has 1 heterocycles. The predicted molar refractivity (Wildman–Crippen MR) is 156 cm³/mol. The van der Waals surface area contributed by atoms with Gasteiger partial charge < -0.3 is 14.4 Å². The molecule has 6 heteroatoms. The van der Waals surface area contributed by atoms with Crippen LogP contribution in [0.15, 0.2) is 75.5 Å². The Kier molecular flexibility index (Phi) is 7.64. The molecular weight excluding hydrogens is 554 g/mol. The number of carbonyl (C=O) groups excluding carboxylic acids is 2. The highest BCUT2D eigenvalue weighted by Crippen LogP contribution is 2.54. The van der Waals surface area contributed by atoms with Crippen LogP contribution in [0, 0.1) is 10.8 Å². The average molecular weight is 593 g/mol. The van der Waals surface area contributed by atoms with Gasteiger partial charge >= 0.3 is 0 Å². The van der Waals surface area contributed by atoms with Crippen molar-refractivity contribution in [2.24, 2.45) is 10.8 Å². The molecule has 0 aromatic heterocycles. The number of hydrogen-bond acceptors (Lipinski definition) is 5. The van der Waals surface area contributed by atoms with Gasteiger partial charge in [0, 0.05) is 65.0 Å². The van der Waals surface area contributed by atoms with E-state index in [4.69, 9.17) is 9.47 Å². The second kappa shape index (κ2) is 10.7. The van der Waals surface area contributed by atoms with Crippen LogP contribution in [0.2, 0.25) is 0 Å². The highest BCUT2D eigenvalue weighted by atomic mass is 79.9. The summed E-state index contributed by atoms with van der Waals surface area (Å²) in [6.45, 7) is 10.3. The van der Waals surface area contributed by atoms with E-state index in [1.54, 1.807) is 7.11 Å². The molecule has 0 unspecified atom stereocenters. The van der Waals surface area contributed by atoms with Crippen molar-refractivity contribution in [2.75, 3.05) is 20.3 Å². The van der Waals surface area contributed by atoms with Crippen molar-refractivity contribution in [3.8, 4) is 5.75 Å². The number of ether oxygens (including phenoxy) is 2. The second-order valence-electron chi connectivity index (χ2n) is 12.6. The smallest absolute Gasteiger partial charge is 0.162 e. The molecule has 0 spiro atoms. The van der Waals surface area contributed by atoms with Crippen LogP contribution in [0.4, 0.5) is 0 Å². The van der Waals surface area contributed by atoms with Gasteiger partial charge in [-0.15, -0.1) is 0 Å². The van der Waals surface area contributed by atoms with Gasteiger partial charge in [-0.05, 0) is 47.4 Å². The van der Waals surface area contributed by atoms with Gasteiger partial charge in [0.15, 0.2) is 11.6 Å². The highest BCUT2D eigenvalue weighted by Gasteiger charge is 2.48. The average Bonchev–Trinajstić information content (AvgIpc) is 2.85. The minimum absolute atomic E-state index is 0.137. The Morgan fingerprint density at radius 3 is 1.95 bits per heavy atom. The minimum atomic E-state index is -0.349. The van der Waals surface area contributed by atoms with E-state index >= 15 is 0 Å². The number of benzene rings is 2. The van der Waals surface area contributed by atoms with Crippen LogP contribution in [0.1, 0.15) is 70.4 Å². The van der Waals surface area contributed by atoms with Gasteiger partial charge in [0.05, 0.1) is 6.61 Å². The SMILES string of the molecule is COCCN1C2=C(C(=O)CC(C)(C)C2)C(c2ccc(OCc3ccccc3Br)cc2)C2=C1CC(C)(C)CC2=O. The van der Waals surface area contributed by atoms with Crippen LogP contribution in [0.25, 0.3) is 0 Å². The van der Waals surface area contributed by atoms with Gasteiger partial charge in [-0.25, -0.2) is 0 Å². The van der Waals surface area contributed by atoms with E-state index in [0.29, 0.717) is 32.6 Å². The minimum Gasteiger partial charge on any atom is -0.489 e. The fourth-order valence-electron chi connectivity index (χ4n) is 6.37. The topological polar surface area (TPSA) is 55.8 Å². The van der Waals surface area contributed by atoms with E-state index in [2.05, 4.69) is 48.5 Å². The molecule has 2 aromatic rings. The normalized spacial score (nSPS) is 20.7. The number of carbonyl (C=O) groups is 2. The lowest BCUT2D eigenvalue weighted by atomic mass is 9.63. The molecule has 1 aliphatic heterocycles. The third-order valence-corrected chi connectivity index (χ3v) is 8.88. The molecule has 206 valence electrons. The van der Waals surface area contributed by atoms with Crippen molar-refractivity contribution in [3.05, 3.63) is 86.7 Å². The maximum atomic E-state index is 13.8. The monoisotopic (exact) mass is 591 g/mol. The second-order valence-corrected chi connectivity index (χ2v) is 13.5. The lowest BCUT2D eigenvalue weighted by molar-refractivity contribution is -0.119. The van der Waals surface area contributed by atoms with E-state index in [1.807, 2.05) is 48.5 Å². The number of Topliss-reactive ketones (excluding diaryl/α,β-unsaturated/α-hetero) is 2. The Morgan fingerprint density at radius 2 is 1.41 bits per heavy atom. The number of rotatable bonds is 7. The molecule has 0 bridgehead atoms. The van der Waals surface area contributed by atoms with Gasteiger partial charge in [-0.1, -0.05) is 74.0 Å². The van der Waals surface area contributed by atoms with Gasteiger partial charge in [0.2, 0.25) is 0 Å². The first kappa shape index (κ1) is 27.9. The number of hydrogen-bond donors (Lipinski definition) is 0. The lowest BCUT2D eigenvalue weighted by Crippen LogP contribution is -2.45. The van der Waals surface area contributed by atoms with E-state index in [-0.39, 0.29) is 28.3 Å². The zero-order valence-electron chi connectivity index (χ0n) is 23.6. The van der Waals surface area contributed by atoms with Crippen molar-refractivity contribution in [2.45, 2.75) is 65.9 Å². The van der Waals surface area contributed by atoms with Gasteiger partial charge in [-0.2, -0.15) is 0 Å². The summed E-state index contributed by atoms with van der Waals surface area (Å²) < 4.78 is 12.6. The van der Waals surface area contributed by atoms with Gasteiger partial charge in [-0.3, -0.25) is 9.59 Å². The molecule has 0 atom stereocenters. The molecule has 0 saturated carbocycles. The first-order chi connectivity index (χ1) is 18.5. The van der Waals surface area contributed by atoms with Crippen molar-refractivity contribution in [3.63, 3.8) is 0 Å². The van der Waals surface area contributed by atoms with E-state index in [9.17, 15) is 9.59 Å². The van der Waals surface area contributed by atoms with Crippen LogP contribution in [-0.2, 0) is 20.9 Å². The van der Waals surface area contributed by atoms with Crippen LogP contribution < -0.4 is 4.74 Å². The molecule has 0 N–H and O–H groups in total. The van der Waals surface area contributed by atoms with E-state index in [0.717, 1.165) is 56.7 Å². The van der Waals surface area contributed by atoms with Gasteiger partial charge in [0.25, 0.3) is 0 Å². The molecule has 5 rings (SSSR count). The molecule has 2 aliphatic carbocycles. The van der Waals surface area contributed by atoms with Crippen molar-refractivity contribution < 1.29 is 19.1 Å². The maximum absolute atomic E-state index is 13.8. The Bertz CT molecular complexity index is 1300. The van der Waals surface area contributed by atoms with Crippen LogP contribution in [0.5, 0.6) is 5.75 Å². The van der Waals surface area contributed by atoms with Crippen LogP contribution >= 0.6 is 15.9 Å². The predicted octanol–water partition coefficient (Wildman–Crippen LogP) is 7.36. The summed E-state index contributed by atoms with van der Waals surface area (Å²) in [7, 11) is 1.70. The molecule has 0 amide bonds. The molecule has 5 nitrogen and oxygen atoms in total. The van der Waals surface area contributed by atoms with Gasteiger partial charge in [0.1, 0.15) is 12.4 Å². The Hall–Kier alpha value is -2.70. The first-order valence-electron chi connectivity index (χ1n) is 13.7. The summed E-state index contributed by atoms with van der Waals surface area (Å²) in [6.07, 6.45) is 2.56. The summed E-state index contributed by atoms with van der Waals surface area (Å²) in [4.78, 5) is 29.9. The Labute approximate surface area is 240 Å². The number of methoxy groups -OCH3 is 1. The largest absolute Gasteiger partial charge is 0.489 e. The maximum Gasteiger partial charge on any atom is 0.162 e. The zero-order chi connectivity index (χ0) is 27.9. The fourth-order valence-corrected chi connectivity index (χ4v) is 6.77. The molecule has 0 saturated heterocycles. The number of allylic oxidation sites excluding steroid dienone is 4. The quantitative estimate of drug-likeness (QED) is 0.336. The zero-order valence-corrected chi connectivity index (χ0v) is 25.2. The lowest BCUT2D eigenvalue weighted by Gasteiger charge is -2.49. The van der Waals surface area contributed by atoms with Crippen molar-refractivity contribution >= 4 is 27.5 Å². The first-order valence-corrected chi connectivity index (χ1v) is 14.5. The molecule has 2 aromatic carbocycles. The standard InChI is InChI=1S/C33H38BrNO4/c1-32(2)16-25-30(27(36)18-32)29(31-26(35(25)14-15-38-5)17-33(3,4)19-28(31)37)21-10-12-23(13-11-21)39-20-22-8-6-7-9-24(22)34/h6-13,29H,14-20H2,1-5H3. The highest BCUT2D eigenvalue weighted by molar-refractivity contribution is 9.10. The third kappa shape index (κ3) is 5.64. The van der Waals surface area contributed by atoms with E-state index < -0.39 is 0 Å². The molecule has 3 aliphatic rings. The molecule has 0 radical (unpaired) electrons. The number of halogens is 1. The number of ketones is 2. The Balaban J connectivity index is 1.56. The van der Waals surface area contributed by atoms with Crippen LogP contribution in [0.3, 0.4) is 0 Å².